The number of amides is 3. The SMILES string of the molecule is C[C@@H](COC(=O)Nc1cc2ccccc2cn1)N(C)C(=O)NCc1ccccc1Cl. The summed E-state index contributed by atoms with van der Waals surface area (Å²) >= 11 is 6.10. The van der Waals surface area contributed by atoms with Gasteiger partial charge in [-0.05, 0) is 30.0 Å². The van der Waals surface area contributed by atoms with E-state index in [-0.39, 0.29) is 18.7 Å². The Morgan fingerprint density at radius 1 is 1.13 bits per heavy atom. The number of rotatable bonds is 6. The number of likely N-dealkylation sites (N-methyl/N-ethyl adjacent to an activating group) is 1. The number of nitrogens with one attached hydrogen (secondary N) is 2. The Morgan fingerprint density at radius 3 is 2.60 bits per heavy atom. The van der Waals surface area contributed by atoms with Crippen molar-refractivity contribution in [2.75, 3.05) is 19.0 Å². The lowest BCUT2D eigenvalue weighted by Crippen LogP contribution is -2.44. The molecule has 3 rings (SSSR count). The third-order valence-electron chi connectivity index (χ3n) is 4.69. The van der Waals surface area contributed by atoms with Crippen LogP contribution in [-0.4, -0.2) is 41.7 Å². The van der Waals surface area contributed by atoms with Gasteiger partial charge in [-0.2, -0.15) is 0 Å². The van der Waals surface area contributed by atoms with Crippen molar-refractivity contribution in [1.29, 1.82) is 0 Å². The summed E-state index contributed by atoms with van der Waals surface area (Å²) in [6.45, 7) is 2.14. The highest BCUT2D eigenvalue weighted by molar-refractivity contribution is 6.31. The Labute approximate surface area is 180 Å². The fourth-order valence-electron chi connectivity index (χ4n) is 2.74. The number of carbonyl (C=O) groups is 2. The molecule has 2 N–H and O–H groups in total. The van der Waals surface area contributed by atoms with Crippen molar-refractivity contribution < 1.29 is 14.3 Å². The van der Waals surface area contributed by atoms with Gasteiger partial charge in [0, 0.05) is 30.2 Å². The average molecular weight is 427 g/mol. The van der Waals surface area contributed by atoms with Crippen molar-refractivity contribution >= 4 is 40.3 Å². The Hall–Kier alpha value is -3.32. The highest BCUT2D eigenvalue weighted by Crippen LogP contribution is 2.16. The molecule has 0 fully saturated rings. The number of halogens is 1. The smallest absolute Gasteiger partial charge is 0.412 e. The standard InChI is InChI=1S/C22H23ClN4O3/c1-15(27(2)21(28)25-13-18-9-5-6-10-19(18)23)14-30-22(29)26-20-11-16-7-3-4-8-17(16)12-24-20/h3-12,15H,13-14H2,1-2H3,(H,25,28)(H,24,26,29)/t15-/m0/s1. The number of ether oxygens (including phenoxy) is 1. The van der Waals surface area contributed by atoms with E-state index >= 15 is 0 Å². The van der Waals surface area contributed by atoms with Crippen molar-refractivity contribution in [1.82, 2.24) is 15.2 Å². The van der Waals surface area contributed by atoms with Gasteiger partial charge >= 0.3 is 12.1 Å². The maximum absolute atomic E-state index is 12.3. The molecule has 8 heteroatoms. The Kier molecular flexibility index (Phi) is 7.08. The lowest BCUT2D eigenvalue weighted by molar-refractivity contribution is 0.123. The van der Waals surface area contributed by atoms with Gasteiger partial charge in [0.05, 0.1) is 6.04 Å². The largest absolute Gasteiger partial charge is 0.447 e. The van der Waals surface area contributed by atoms with Crippen molar-refractivity contribution in [3.05, 3.63) is 71.4 Å². The third kappa shape index (κ3) is 5.61. The molecule has 0 bridgehead atoms. The molecule has 7 nitrogen and oxygen atoms in total. The van der Waals surface area contributed by atoms with Crippen LogP contribution in [0.3, 0.4) is 0 Å². The molecule has 0 aliphatic heterocycles. The zero-order valence-corrected chi connectivity index (χ0v) is 17.5. The average Bonchev–Trinajstić information content (AvgIpc) is 2.76. The second-order valence-electron chi connectivity index (χ2n) is 6.85. The van der Waals surface area contributed by atoms with Crippen LogP contribution in [-0.2, 0) is 11.3 Å². The number of benzene rings is 2. The van der Waals surface area contributed by atoms with E-state index in [1.54, 1.807) is 32.3 Å². The van der Waals surface area contributed by atoms with Gasteiger partial charge in [-0.15, -0.1) is 0 Å². The molecule has 1 aromatic heterocycles. The van der Waals surface area contributed by atoms with E-state index in [1.807, 2.05) is 42.5 Å². The van der Waals surface area contributed by atoms with Gasteiger partial charge in [0.2, 0.25) is 0 Å². The Morgan fingerprint density at radius 2 is 1.83 bits per heavy atom. The normalized spacial score (nSPS) is 11.6. The molecule has 30 heavy (non-hydrogen) atoms. The first-order valence-corrected chi connectivity index (χ1v) is 9.84. The molecular formula is C22H23ClN4O3. The van der Waals surface area contributed by atoms with Crippen LogP contribution in [0.15, 0.2) is 60.8 Å². The van der Waals surface area contributed by atoms with E-state index in [1.165, 1.54) is 4.90 Å². The molecule has 0 unspecified atom stereocenters. The molecule has 156 valence electrons. The number of fused-ring (bicyclic) bond motifs is 1. The lowest BCUT2D eigenvalue weighted by Gasteiger charge is -2.25. The van der Waals surface area contributed by atoms with Crippen LogP contribution in [0, 0.1) is 0 Å². The predicted octanol–water partition coefficient (Wildman–Crippen LogP) is 4.67. The summed E-state index contributed by atoms with van der Waals surface area (Å²) < 4.78 is 5.24. The highest BCUT2D eigenvalue weighted by Gasteiger charge is 2.18. The summed E-state index contributed by atoms with van der Waals surface area (Å²) in [6.07, 6.45) is 1.06. The van der Waals surface area contributed by atoms with Gasteiger partial charge in [0.25, 0.3) is 0 Å². The van der Waals surface area contributed by atoms with Gasteiger partial charge in [-0.3, -0.25) is 5.32 Å². The second kappa shape index (κ2) is 9.93. The molecule has 0 radical (unpaired) electrons. The van der Waals surface area contributed by atoms with E-state index in [9.17, 15) is 9.59 Å². The fourth-order valence-corrected chi connectivity index (χ4v) is 2.94. The van der Waals surface area contributed by atoms with Crippen LogP contribution in [0.5, 0.6) is 0 Å². The molecule has 0 saturated carbocycles. The first-order chi connectivity index (χ1) is 14.4. The quantitative estimate of drug-likeness (QED) is 0.600. The molecule has 2 aromatic carbocycles. The molecule has 0 spiro atoms. The molecule has 0 aliphatic carbocycles. The van der Waals surface area contributed by atoms with Crippen LogP contribution in [0.2, 0.25) is 5.02 Å². The van der Waals surface area contributed by atoms with Crippen molar-refractivity contribution in [3.63, 3.8) is 0 Å². The molecule has 0 aliphatic rings. The topological polar surface area (TPSA) is 83.6 Å². The molecular weight excluding hydrogens is 404 g/mol. The van der Waals surface area contributed by atoms with E-state index in [0.717, 1.165) is 16.3 Å². The number of urea groups is 1. The minimum absolute atomic E-state index is 0.0371. The number of aromatic nitrogens is 1. The summed E-state index contributed by atoms with van der Waals surface area (Å²) in [7, 11) is 1.64. The number of pyridine rings is 1. The van der Waals surface area contributed by atoms with Crippen LogP contribution in [0.4, 0.5) is 15.4 Å². The maximum atomic E-state index is 12.3. The van der Waals surface area contributed by atoms with Gasteiger partial charge < -0.3 is 15.0 Å². The van der Waals surface area contributed by atoms with E-state index < -0.39 is 6.09 Å². The third-order valence-corrected chi connectivity index (χ3v) is 5.05. The van der Waals surface area contributed by atoms with Crippen LogP contribution in [0.1, 0.15) is 12.5 Å². The van der Waals surface area contributed by atoms with Crippen LogP contribution in [0.25, 0.3) is 10.8 Å². The van der Waals surface area contributed by atoms with Crippen LogP contribution >= 0.6 is 11.6 Å². The summed E-state index contributed by atoms with van der Waals surface area (Å²) in [6, 6.07) is 16.2. The fraction of sp³-hybridized carbons (Fsp3) is 0.227. The summed E-state index contributed by atoms with van der Waals surface area (Å²) in [5, 5.41) is 7.94. The molecule has 3 amide bonds. The van der Waals surface area contributed by atoms with Crippen LogP contribution < -0.4 is 10.6 Å². The van der Waals surface area contributed by atoms with Crippen molar-refractivity contribution in [3.8, 4) is 0 Å². The predicted molar refractivity (Wildman–Crippen MR) is 118 cm³/mol. The van der Waals surface area contributed by atoms with Crippen molar-refractivity contribution in [2.24, 2.45) is 0 Å². The first kappa shape index (κ1) is 21.4. The minimum Gasteiger partial charge on any atom is -0.447 e. The van der Waals surface area contributed by atoms with Gasteiger partial charge in [0.1, 0.15) is 12.4 Å². The van der Waals surface area contributed by atoms with E-state index in [2.05, 4.69) is 15.6 Å². The minimum atomic E-state index is -0.630. The molecule has 3 aromatic rings. The lowest BCUT2D eigenvalue weighted by atomic mass is 10.2. The summed E-state index contributed by atoms with van der Waals surface area (Å²) in [4.78, 5) is 30.1. The van der Waals surface area contributed by atoms with Gasteiger partial charge in [-0.1, -0.05) is 54.1 Å². The first-order valence-electron chi connectivity index (χ1n) is 9.46. The van der Waals surface area contributed by atoms with E-state index in [0.29, 0.717) is 17.4 Å². The molecule has 1 atom stereocenters. The number of carbonyl (C=O) groups excluding carboxylic acids is 2. The zero-order chi connectivity index (χ0) is 21.5. The molecule has 1 heterocycles. The maximum Gasteiger partial charge on any atom is 0.412 e. The Bertz CT molecular complexity index is 1040. The summed E-state index contributed by atoms with van der Waals surface area (Å²) in [5.74, 6) is 0.400. The summed E-state index contributed by atoms with van der Waals surface area (Å²) in [5.41, 5.74) is 0.826. The number of nitrogens with zero attached hydrogens (tertiary/aromatic N) is 2. The number of anilines is 1. The second-order valence-corrected chi connectivity index (χ2v) is 7.26. The van der Waals surface area contributed by atoms with Gasteiger partial charge in [-0.25, -0.2) is 14.6 Å². The monoisotopic (exact) mass is 426 g/mol. The Balaban J connectivity index is 1.46. The van der Waals surface area contributed by atoms with E-state index in [4.69, 9.17) is 16.3 Å². The number of hydrogen-bond acceptors (Lipinski definition) is 4. The zero-order valence-electron chi connectivity index (χ0n) is 16.8. The number of hydrogen-bond donors (Lipinski definition) is 2. The van der Waals surface area contributed by atoms with Crippen molar-refractivity contribution in [2.45, 2.75) is 19.5 Å². The van der Waals surface area contributed by atoms with Gasteiger partial charge in [0.15, 0.2) is 0 Å². The molecule has 0 saturated heterocycles. The highest BCUT2D eigenvalue weighted by atomic mass is 35.5.